The summed E-state index contributed by atoms with van der Waals surface area (Å²) in [4.78, 5) is 11.8. The van der Waals surface area contributed by atoms with E-state index in [4.69, 9.17) is 10.7 Å². The Kier molecular flexibility index (Phi) is 3.21. The minimum atomic E-state index is 0.498. The highest BCUT2D eigenvalue weighted by Crippen LogP contribution is 2.37. The Morgan fingerprint density at radius 2 is 2.00 bits per heavy atom. The Bertz CT molecular complexity index is 617. The SMILES string of the molecule is Cc1sc2nc(C3CCCC(C)C3)nc(N)c2c1C. The minimum absolute atomic E-state index is 0.498. The van der Waals surface area contributed by atoms with Crippen LogP contribution < -0.4 is 5.73 Å². The Labute approximate surface area is 118 Å². The molecule has 0 bridgehead atoms. The fourth-order valence-electron chi connectivity index (χ4n) is 3.15. The van der Waals surface area contributed by atoms with E-state index in [2.05, 4.69) is 25.8 Å². The van der Waals surface area contributed by atoms with Gasteiger partial charge in [-0.25, -0.2) is 9.97 Å². The summed E-state index contributed by atoms with van der Waals surface area (Å²) in [5.74, 6) is 2.92. The summed E-state index contributed by atoms with van der Waals surface area (Å²) in [6.45, 7) is 6.56. The van der Waals surface area contributed by atoms with Gasteiger partial charge < -0.3 is 5.73 Å². The van der Waals surface area contributed by atoms with Gasteiger partial charge in [-0.1, -0.05) is 19.8 Å². The molecule has 1 aliphatic carbocycles. The number of nitrogens with two attached hydrogens (primary N) is 1. The van der Waals surface area contributed by atoms with Crippen LogP contribution >= 0.6 is 11.3 Å². The van der Waals surface area contributed by atoms with Gasteiger partial charge in [-0.15, -0.1) is 11.3 Å². The van der Waals surface area contributed by atoms with E-state index in [1.807, 2.05) is 0 Å². The molecule has 2 aromatic heterocycles. The van der Waals surface area contributed by atoms with E-state index < -0.39 is 0 Å². The van der Waals surface area contributed by atoms with Crippen molar-refractivity contribution in [1.29, 1.82) is 0 Å². The average Bonchev–Trinajstić information content (AvgIpc) is 2.65. The third kappa shape index (κ3) is 2.22. The van der Waals surface area contributed by atoms with Crippen LogP contribution in [0.2, 0.25) is 0 Å². The molecule has 102 valence electrons. The molecule has 0 aliphatic heterocycles. The van der Waals surface area contributed by atoms with Gasteiger partial charge in [-0.05, 0) is 38.2 Å². The predicted octanol–water partition coefficient (Wildman–Crippen LogP) is 4.18. The molecule has 2 atom stereocenters. The number of nitrogens with zero attached hydrogens (tertiary/aromatic N) is 2. The Balaban J connectivity index is 2.05. The Hall–Kier alpha value is -1.16. The third-order valence-corrected chi connectivity index (χ3v) is 5.48. The molecular weight excluding hydrogens is 254 g/mol. The van der Waals surface area contributed by atoms with Gasteiger partial charge in [0.15, 0.2) is 0 Å². The van der Waals surface area contributed by atoms with Crippen LogP contribution in [-0.2, 0) is 0 Å². The van der Waals surface area contributed by atoms with E-state index in [1.54, 1.807) is 11.3 Å². The van der Waals surface area contributed by atoms with Gasteiger partial charge in [0.2, 0.25) is 0 Å². The second-order valence-corrected chi connectivity index (χ2v) is 7.10. The normalized spacial score (nSPS) is 23.9. The molecule has 0 amide bonds. The number of aromatic nitrogens is 2. The van der Waals surface area contributed by atoms with E-state index in [-0.39, 0.29) is 0 Å². The molecule has 1 fully saturated rings. The first kappa shape index (κ1) is 12.9. The van der Waals surface area contributed by atoms with Gasteiger partial charge in [-0.2, -0.15) is 0 Å². The predicted molar refractivity (Wildman–Crippen MR) is 81.7 cm³/mol. The van der Waals surface area contributed by atoms with Gasteiger partial charge in [0.25, 0.3) is 0 Å². The average molecular weight is 275 g/mol. The highest BCUT2D eigenvalue weighted by Gasteiger charge is 2.24. The van der Waals surface area contributed by atoms with Crippen LogP contribution in [0.15, 0.2) is 0 Å². The number of rotatable bonds is 1. The summed E-state index contributed by atoms with van der Waals surface area (Å²) in [5, 5.41) is 1.06. The summed E-state index contributed by atoms with van der Waals surface area (Å²) in [7, 11) is 0. The molecule has 3 rings (SSSR count). The molecule has 19 heavy (non-hydrogen) atoms. The minimum Gasteiger partial charge on any atom is -0.383 e. The molecule has 0 saturated heterocycles. The lowest BCUT2D eigenvalue weighted by atomic mass is 9.82. The molecule has 2 unspecified atom stereocenters. The van der Waals surface area contributed by atoms with Crippen LogP contribution in [0, 0.1) is 19.8 Å². The smallest absolute Gasteiger partial charge is 0.136 e. The van der Waals surface area contributed by atoms with Gasteiger partial charge >= 0.3 is 0 Å². The maximum absolute atomic E-state index is 6.17. The third-order valence-electron chi connectivity index (χ3n) is 4.38. The van der Waals surface area contributed by atoms with E-state index in [9.17, 15) is 0 Å². The summed E-state index contributed by atoms with van der Waals surface area (Å²) < 4.78 is 0. The fourth-order valence-corrected chi connectivity index (χ4v) is 4.19. The van der Waals surface area contributed by atoms with Gasteiger partial charge in [0.05, 0.1) is 5.39 Å². The first-order valence-corrected chi connectivity index (χ1v) is 7.91. The summed E-state index contributed by atoms with van der Waals surface area (Å²) in [5.41, 5.74) is 7.41. The van der Waals surface area contributed by atoms with Crippen molar-refractivity contribution in [1.82, 2.24) is 9.97 Å². The van der Waals surface area contributed by atoms with Crippen LogP contribution in [0.25, 0.3) is 10.2 Å². The topological polar surface area (TPSA) is 51.8 Å². The Morgan fingerprint density at radius 1 is 1.21 bits per heavy atom. The van der Waals surface area contributed by atoms with Crippen molar-refractivity contribution in [3.63, 3.8) is 0 Å². The highest BCUT2D eigenvalue weighted by atomic mass is 32.1. The quantitative estimate of drug-likeness (QED) is 0.849. The van der Waals surface area contributed by atoms with Crippen molar-refractivity contribution in [2.24, 2.45) is 5.92 Å². The number of hydrogen-bond acceptors (Lipinski definition) is 4. The van der Waals surface area contributed by atoms with Crippen LogP contribution in [0.3, 0.4) is 0 Å². The highest BCUT2D eigenvalue weighted by molar-refractivity contribution is 7.18. The summed E-state index contributed by atoms with van der Waals surface area (Å²) in [6.07, 6.45) is 5.04. The zero-order valence-electron chi connectivity index (χ0n) is 11.9. The van der Waals surface area contributed by atoms with Crippen LogP contribution in [-0.4, -0.2) is 9.97 Å². The van der Waals surface area contributed by atoms with E-state index in [0.717, 1.165) is 22.0 Å². The van der Waals surface area contributed by atoms with Crippen molar-refractivity contribution in [3.05, 3.63) is 16.3 Å². The lowest BCUT2D eigenvalue weighted by Crippen LogP contribution is -2.15. The van der Waals surface area contributed by atoms with E-state index >= 15 is 0 Å². The lowest BCUT2D eigenvalue weighted by Gasteiger charge is -2.25. The molecule has 4 heteroatoms. The van der Waals surface area contributed by atoms with Crippen LogP contribution in [0.4, 0.5) is 5.82 Å². The fraction of sp³-hybridized carbons (Fsp3) is 0.600. The number of nitrogen functional groups attached to an aromatic ring is 1. The summed E-state index contributed by atoms with van der Waals surface area (Å²) >= 11 is 1.74. The van der Waals surface area contributed by atoms with E-state index in [1.165, 1.54) is 36.1 Å². The molecule has 1 aliphatic rings. The molecule has 2 N–H and O–H groups in total. The monoisotopic (exact) mass is 275 g/mol. The molecule has 2 heterocycles. The molecule has 1 saturated carbocycles. The number of anilines is 1. The van der Waals surface area contributed by atoms with Crippen LogP contribution in [0.1, 0.15) is 54.8 Å². The van der Waals surface area contributed by atoms with Crippen molar-refractivity contribution in [2.45, 2.75) is 52.4 Å². The zero-order chi connectivity index (χ0) is 13.6. The number of fused-ring (bicyclic) bond motifs is 1. The summed E-state index contributed by atoms with van der Waals surface area (Å²) in [6, 6.07) is 0. The van der Waals surface area contributed by atoms with E-state index in [0.29, 0.717) is 11.7 Å². The number of aryl methyl sites for hydroxylation is 2. The standard InChI is InChI=1S/C15H21N3S/c1-8-5-4-6-11(7-8)14-17-13(16)12-9(2)10(3)19-15(12)18-14/h8,11H,4-7H2,1-3H3,(H2,16,17,18). The second-order valence-electron chi connectivity index (χ2n) is 5.90. The number of thiophene rings is 1. The van der Waals surface area contributed by atoms with Crippen molar-refractivity contribution in [3.8, 4) is 0 Å². The molecule has 3 nitrogen and oxygen atoms in total. The van der Waals surface area contributed by atoms with Crippen molar-refractivity contribution in [2.75, 3.05) is 5.73 Å². The molecule has 2 aromatic rings. The second kappa shape index (κ2) is 4.75. The van der Waals surface area contributed by atoms with Crippen molar-refractivity contribution >= 4 is 27.4 Å². The number of hydrogen-bond donors (Lipinski definition) is 1. The van der Waals surface area contributed by atoms with Gasteiger partial charge in [0, 0.05) is 10.8 Å². The van der Waals surface area contributed by atoms with Gasteiger partial charge in [-0.3, -0.25) is 0 Å². The molecule has 0 spiro atoms. The molecule has 0 radical (unpaired) electrons. The van der Waals surface area contributed by atoms with Gasteiger partial charge in [0.1, 0.15) is 16.5 Å². The zero-order valence-corrected chi connectivity index (χ0v) is 12.7. The maximum atomic E-state index is 6.17. The first-order valence-electron chi connectivity index (χ1n) is 7.09. The molecular formula is C15H21N3S. The molecule has 0 aromatic carbocycles. The largest absolute Gasteiger partial charge is 0.383 e. The maximum Gasteiger partial charge on any atom is 0.136 e. The Morgan fingerprint density at radius 3 is 2.74 bits per heavy atom. The van der Waals surface area contributed by atoms with Crippen LogP contribution in [0.5, 0.6) is 0 Å². The lowest BCUT2D eigenvalue weighted by molar-refractivity contribution is 0.336. The first-order chi connectivity index (χ1) is 9.06. The van der Waals surface area contributed by atoms with Crippen molar-refractivity contribution < 1.29 is 0 Å².